The second-order valence-corrected chi connectivity index (χ2v) is 13.6. The molecule has 2 fully saturated rings. The van der Waals surface area contributed by atoms with Crippen molar-refractivity contribution in [2.24, 2.45) is 0 Å². The van der Waals surface area contributed by atoms with Crippen LogP contribution in [0.5, 0.6) is 5.75 Å². The van der Waals surface area contributed by atoms with Gasteiger partial charge >= 0.3 is 5.69 Å². The number of aromatic nitrogens is 6. The summed E-state index contributed by atoms with van der Waals surface area (Å²) in [4.78, 5) is 18.9. The van der Waals surface area contributed by atoms with Gasteiger partial charge < -0.3 is 24.0 Å². The van der Waals surface area contributed by atoms with Crippen LogP contribution in [0, 0.1) is 0 Å². The van der Waals surface area contributed by atoms with Crippen LogP contribution in [0.1, 0.15) is 31.9 Å². The van der Waals surface area contributed by atoms with E-state index < -0.39 is 5.79 Å². The smallest absolute Gasteiger partial charge is 0.350 e. The Kier molecular flexibility index (Phi) is 10.1. The molecule has 15 heteroatoms. The Labute approximate surface area is 304 Å². The summed E-state index contributed by atoms with van der Waals surface area (Å²) in [5.41, 5.74) is 3.36. The van der Waals surface area contributed by atoms with Crippen molar-refractivity contribution in [2.45, 2.75) is 44.7 Å². The van der Waals surface area contributed by atoms with E-state index in [1.54, 1.807) is 41.5 Å². The zero-order valence-electron chi connectivity index (χ0n) is 27.7. The molecule has 2 saturated heterocycles. The van der Waals surface area contributed by atoms with Gasteiger partial charge in [-0.25, -0.2) is 14.0 Å². The zero-order chi connectivity index (χ0) is 34.8. The quantitative estimate of drug-likeness (QED) is 0.156. The molecule has 12 nitrogen and oxygen atoms in total. The van der Waals surface area contributed by atoms with Gasteiger partial charge in [-0.3, -0.25) is 0 Å². The highest BCUT2D eigenvalue weighted by Gasteiger charge is 2.46. The minimum atomic E-state index is -1.21. The molecule has 5 aromatic rings. The SMILES string of the molecule is CCC(C)n1ncn(-c2ccc(N3CCN(c4ccc(OC[C@@H]5CO[C@@](Cn6nccn6)(c6ccc(Cl)cc6Cl)O5)cc4Cl)CC3)cc2)c1=O. The number of benzene rings is 3. The van der Waals surface area contributed by atoms with Gasteiger partial charge in [0.1, 0.15) is 31.3 Å². The number of ether oxygens (including phenoxy) is 3. The highest BCUT2D eigenvalue weighted by atomic mass is 35.5. The van der Waals surface area contributed by atoms with E-state index in [1.807, 2.05) is 44.2 Å². The number of hydrogen-bond donors (Lipinski definition) is 0. The highest BCUT2D eigenvalue weighted by Crippen LogP contribution is 2.40. The highest BCUT2D eigenvalue weighted by molar-refractivity contribution is 6.35. The molecule has 0 spiro atoms. The topological polar surface area (TPSA) is 105 Å². The maximum Gasteiger partial charge on any atom is 0.350 e. The van der Waals surface area contributed by atoms with E-state index in [-0.39, 0.29) is 37.6 Å². The van der Waals surface area contributed by atoms with Crippen LogP contribution in [-0.2, 0) is 21.8 Å². The number of rotatable bonds is 11. The molecule has 0 bridgehead atoms. The molecule has 0 aliphatic carbocycles. The van der Waals surface area contributed by atoms with Crippen molar-refractivity contribution in [3.63, 3.8) is 0 Å². The fraction of sp³-hybridized carbons (Fsp3) is 0.371. The first-order chi connectivity index (χ1) is 24.2. The van der Waals surface area contributed by atoms with Crippen LogP contribution >= 0.6 is 34.8 Å². The molecule has 50 heavy (non-hydrogen) atoms. The molecular weight excluding hydrogens is 703 g/mol. The largest absolute Gasteiger partial charge is 0.491 e. The summed E-state index contributed by atoms with van der Waals surface area (Å²) in [6.45, 7) is 8.00. The van der Waals surface area contributed by atoms with Gasteiger partial charge in [-0.15, -0.1) is 0 Å². The van der Waals surface area contributed by atoms with Crippen LogP contribution in [0.4, 0.5) is 11.4 Å². The summed E-state index contributed by atoms with van der Waals surface area (Å²) < 4.78 is 21.9. The predicted octanol–water partition coefficient (Wildman–Crippen LogP) is 6.23. The number of piperazine rings is 1. The van der Waals surface area contributed by atoms with Crippen molar-refractivity contribution in [2.75, 3.05) is 49.2 Å². The Morgan fingerprint density at radius 2 is 1.62 bits per heavy atom. The van der Waals surface area contributed by atoms with Crippen molar-refractivity contribution in [1.82, 2.24) is 29.3 Å². The van der Waals surface area contributed by atoms with Crippen molar-refractivity contribution in [3.8, 4) is 11.4 Å². The number of halogens is 3. The molecule has 3 atom stereocenters. The molecule has 0 amide bonds. The zero-order valence-corrected chi connectivity index (χ0v) is 29.9. The lowest BCUT2D eigenvalue weighted by Crippen LogP contribution is -2.46. The van der Waals surface area contributed by atoms with Gasteiger partial charge in [-0.05, 0) is 61.9 Å². The van der Waals surface area contributed by atoms with Crippen molar-refractivity contribution >= 4 is 46.2 Å². The summed E-state index contributed by atoms with van der Waals surface area (Å²) in [7, 11) is 0. The second kappa shape index (κ2) is 14.7. The van der Waals surface area contributed by atoms with Gasteiger partial charge in [-0.1, -0.05) is 47.8 Å². The lowest BCUT2D eigenvalue weighted by atomic mass is 10.1. The van der Waals surface area contributed by atoms with Crippen LogP contribution < -0.4 is 20.2 Å². The molecule has 7 rings (SSSR count). The van der Waals surface area contributed by atoms with Gasteiger partial charge in [0.2, 0.25) is 5.79 Å². The third kappa shape index (κ3) is 7.08. The molecule has 2 aromatic heterocycles. The van der Waals surface area contributed by atoms with Crippen LogP contribution in [0.2, 0.25) is 15.1 Å². The van der Waals surface area contributed by atoms with E-state index in [2.05, 4.69) is 37.2 Å². The maximum atomic E-state index is 12.8. The number of nitrogens with zero attached hydrogens (tertiary/aromatic N) is 8. The molecule has 3 aromatic carbocycles. The maximum absolute atomic E-state index is 12.8. The average Bonchev–Trinajstić information content (AvgIpc) is 3.88. The first-order valence-electron chi connectivity index (χ1n) is 16.5. The molecular formula is C35H37Cl3N8O4. The molecule has 4 heterocycles. The van der Waals surface area contributed by atoms with E-state index >= 15 is 0 Å². The van der Waals surface area contributed by atoms with Crippen LogP contribution in [0.15, 0.2) is 84.2 Å². The lowest BCUT2D eigenvalue weighted by molar-refractivity contribution is -0.192. The third-order valence-electron chi connectivity index (χ3n) is 9.19. The molecule has 0 saturated carbocycles. The first kappa shape index (κ1) is 34.4. The Bertz CT molecular complexity index is 1980. The van der Waals surface area contributed by atoms with E-state index in [9.17, 15) is 4.79 Å². The van der Waals surface area contributed by atoms with E-state index in [4.69, 9.17) is 49.0 Å². The molecule has 1 unspecified atom stereocenters. The molecule has 0 radical (unpaired) electrons. The van der Waals surface area contributed by atoms with Crippen LogP contribution in [0.25, 0.3) is 5.69 Å². The fourth-order valence-electron chi connectivity index (χ4n) is 6.29. The summed E-state index contributed by atoms with van der Waals surface area (Å²) in [5, 5.41) is 14.3. The van der Waals surface area contributed by atoms with Crippen molar-refractivity contribution in [3.05, 3.63) is 111 Å². The van der Waals surface area contributed by atoms with E-state index in [0.717, 1.165) is 49.7 Å². The number of hydrogen-bond acceptors (Lipinski definition) is 9. The van der Waals surface area contributed by atoms with Crippen LogP contribution in [-0.4, -0.2) is 74.8 Å². The lowest BCUT2D eigenvalue weighted by Gasteiger charge is -2.37. The van der Waals surface area contributed by atoms with Gasteiger partial charge in [-0.2, -0.15) is 20.1 Å². The minimum Gasteiger partial charge on any atom is -0.491 e. The Morgan fingerprint density at radius 3 is 2.32 bits per heavy atom. The molecule has 2 aliphatic rings. The monoisotopic (exact) mass is 738 g/mol. The van der Waals surface area contributed by atoms with Gasteiger partial charge in [0.15, 0.2) is 0 Å². The summed E-state index contributed by atoms with van der Waals surface area (Å²) in [5.74, 6) is -0.581. The van der Waals surface area contributed by atoms with E-state index in [1.165, 1.54) is 9.48 Å². The van der Waals surface area contributed by atoms with E-state index in [0.29, 0.717) is 26.4 Å². The third-order valence-corrected chi connectivity index (χ3v) is 10.0. The summed E-state index contributed by atoms with van der Waals surface area (Å²) in [6, 6.07) is 19.0. The molecule has 2 aliphatic heterocycles. The van der Waals surface area contributed by atoms with Gasteiger partial charge in [0.05, 0.1) is 46.5 Å². The molecule has 262 valence electrons. The minimum absolute atomic E-state index is 0.0537. The Balaban J connectivity index is 0.947. The Hall–Kier alpha value is -4.07. The van der Waals surface area contributed by atoms with Crippen molar-refractivity contribution < 1.29 is 14.2 Å². The predicted molar refractivity (Wildman–Crippen MR) is 193 cm³/mol. The normalized spacial score (nSPS) is 20.0. The standard InChI is InChI=1S/C35H37Cl3N8O4/c1-3-24(2)46-34(47)44(23-41-46)27-7-5-26(6-8-27)42-14-16-43(17-15-42)33-11-9-28(19-32(33)38)48-20-29-21-49-35(50-29,22-45-39-12-13-40-45)30-10-4-25(36)18-31(30)37/h4-13,18-19,23-24,29H,3,14-17,20-22H2,1-2H3/t24?,29-,35-/m1/s1. The van der Waals surface area contributed by atoms with Crippen molar-refractivity contribution in [1.29, 1.82) is 0 Å². The first-order valence-corrected chi connectivity index (χ1v) is 17.7. The average molecular weight is 740 g/mol. The fourth-order valence-corrected chi connectivity index (χ4v) is 7.13. The summed E-state index contributed by atoms with van der Waals surface area (Å²) >= 11 is 19.5. The van der Waals surface area contributed by atoms with Gasteiger partial charge in [0, 0.05) is 48.5 Å². The Morgan fingerprint density at radius 1 is 0.900 bits per heavy atom. The molecule has 0 N–H and O–H groups in total. The second-order valence-electron chi connectivity index (χ2n) is 12.4. The van der Waals surface area contributed by atoms with Gasteiger partial charge in [0.25, 0.3) is 0 Å². The summed E-state index contributed by atoms with van der Waals surface area (Å²) in [6.07, 6.45) is 5.23. The number of anilines is 2. The van der Waals surface area contributed by atoms with Crippen LogP contribution in [0.3, 0.4) is 0 Å².